The average molecular weight is 416 g/mol. The number of nitriles is 1. The van der Waals surface area contributed by atoms with Crippen LogP contribution in [0.15, 0.2) is 59.0 Å². The lowest BCUT2D eigenvalue weighted by Crippen LogP contribution is -2.40. The summed E-state index contributed by atoms with van der Waals surface area (Å²) in [5.41, 5.74) is 1.02. The molecule has 2 aromatic rings. The molecule has 1 heterocycles. The van der Waals surface area contributed by atoms with Crippen LogP contribution in [0.1, 0.15) is 11.1 Å². The van der Waals surface area contributed by atoms with E-state index in [1.807, 2.05) is 6.07 Å². The van der Waals surface area contributed by atoms with Crippen LogP contribution >= 0.6 is 11.6 Å². The van der Waals surface area contributed by atoms with Crippen LogP contribution in [0.3, 0.4) is 0 Å². The molecule has 0 atom stereocenters. The number of halogens is 1. The Morgan fingerprint density at radius 2 is 1.86 bits per heavy atom. The maximum atomic E-state index is 12.9. The van der Waals surface area contributed by atoms with Gasteiger partial charge in [0.15, 0.2) is 0 Å². The molecule has 9 heteroatoms. The Kier molecular flexibility index (Phi) is 5.49. The smallest absolute Gasteiger partial charge is 0.267 e. The summed E-state index contributed by atoms with van der Waals surface area (Å²) in [5.74, 6) is -1.41. The molecule has 0 unspecified atom stereocenters. The van der Waals surface area contributed by atoms with Gasteiger partial charge in [0.25, 0.3) is 15.9 Å². The van der Waals surface area contributed by atoms with Gasteiger partial charge >= 0.3 is 0 Å². The van der Waals surface area contributed by atoms with Gasteiger partial charge in [-0.2, -0.15) is 5.26 Å². The van der Waals surface area contributed by atoms with E-state index >= 15 is 0 Å². The minimum absolute atomic E-state index is 0.0819. The Labute approximate surface area is 166 Å². The second-order valence-electron chi connectivity index (χ2n) is 5.95. The molecule has 2 aromatic carbocycles. The van der Waals surface area contributed by atoms with E-state index in [0.717, 1.165) is 0 Å². The molecule has 1 fully saturated rings. The van der Waals surface area contributed by atoms with Crippen LogP contribution in [0.5, 0.6) is 0 Å². The number of hydrogen-bond donors (Lipinski definition) is 1. The zero-order chi connectivity index (χ0) is 20.3. The van der Waals surface area contributed by atoms with Crippen LogP contribution in [0.25, 0.3) is 6.08 Å². The molecule has 2 amide bonds. The normalized spacial score (nSPS) is 16.4. The van der Waals surface area contributed by atoms with Gasteiger partial charge in [0.1, 0.15) is 6.54 Å². The highest BCUT2D eigenvalue weighted by Gasteiger charge is 2.35. The molecule has 1 saturated heterocycles. The molecule has 0 radical (unpaired) electrons. The molecule has 1 aliphatic rings. The first-order valence-electron chi connectivity index (χ1n) is 8.11. The third kappa shape index (κ3) is 4.06. The summed E-state index contributed by atoms with van der Waals surface area (Å²) in [6.07, 6.45) is 1.46. The third-order valence-corrected chi connectivity index (χ3v) is 6.02. The van der Waals surface area contributed by atoms with E-state index in [2.05, 4.69) is 5.32 Å². The fourth-order valence-electron chi connectivity index (χ4n) is 2.63. The first kappa shape index (κ1) is 19.6. The SMILES string of the molecule is N#Cc1cccc(/C=C2\CNC(=O)CN(S(=O)(=O)c3ccc(Cl)cc3)C2=O)c1. The topological polar surface area (TPSA) is 107 Å². The van der Waals surface area contributed by atoms with Crippen molar-refractivity contribution >= 4 is 39.5 Å². The Morgan fingerprint density at radius 3 is 2.54 bits per heavy atom. The second kappa shape index (κ2) is 7.84. The van der Waals surface area contributed by atoms with E-state index in [-0.39, 0.29) is 17.0 Å². The lowest BCUT2D eigenvalue weighted by Gasteiger charge is -2.20. The van der Waals surface area contributed by atoms with Crippen molar-refractivity contribution in [3.8, 4) is 6.07 Å². The van der Waals surface area contributed by atoms with Crippen LogP contribution < -0.4 is 5.32 Å². The predicted molar refractivity (Wildman–Crippen MR) is 102 cm³/mol. The minimum Gasteiger partial charge on any atom is -0.350 e. The standard InChI is InChI=1S/C19H14ClN3O4S/c20-16-4-6-17(7-5-16)28(26,27)23-12-18(24)22-11-15(19(23)25)9-13-2-1-3-14(8-13)10-21/h1-9H,11-12H2,(H,22,24)/b15-9+. The quantitative estimate of drug-likeness (QED) is 0.771. The number of nitrogens with zero attached hydrogens (tertiary/aromatic N) is 2. The number of carbonyl (C=O) groups is 2. The van der Waals surface area contributed by atoms with Crippen molar-refractivity contribution in [2.75, 3.05) is 13.1 Å². The summed E-state index contributed by atoms with van der Waals surface area (Å²) >= 11 is 5.79. The predicted octanol–water partition coefficient (Wildman–Crippen LogP) is 1.94. The Morgan fingerprint density at radius 1 is 1.14 bits per heavy atom. The van der Waals surface area contributed by atoms with E-state index in [9.17, 15) is 18.0 Å². The van der Waals surface area contributed by atoms with Crippen molar-refractivity contribution in [1.29, 1.82) is 5.26 Å². The van der Waals surface area contributed by atoms with Crippen molar-refractivity contribution in [2.45, 2.75) is 4.90 Å². The van der Waals surface area contributed by atoms with Crippen molar-refractivity contribution in [3.05, 3.63) is 70.3 Å². The number of sulfonamides is 1. The summed E-state index contributed by atoms with van der Waals surface area (Å²) in [4.78, 5) is 24.8. The lowest BCUT2D eigenvalue weighted by molar-refractivity contribution is -0.127. The van der Waals surface area contributed by atoms with Gasteiger partial charge in [0, 0.05) is 17.1 Å². The molecule has 1 aliphatic heterocycles. The molecule has 7 nitrogen and oxygen atoms in total. The maximum absolute atomic E-state index is 12.9. The molecule has 0 aliphatic carbocycles. The van der Waals surface area contributed by atoms with Gasteiger partial charge in [0.05, 0.1) is 16.5 Å². The van der Waals surface area contributed by atoms with Gasteiger partial charge in [-0.1, -0.05) is 23.7 Å². The number of hydrogen-bond acceptors (Lipinski definition) is 5. The minimum atomic E-state index is -4.25. The Hall–Kier alpha value is -3.15. The zero-order valence-electron chi connectivity index (χ0n) is 14.4. The molecule has 142 valence electrons. The summed E-state index contributed by atoms with van der Waals surface area (Å²) < 4.78 is 26.4. The summed E-state index contributed by atoms with van der Waals surface area (Å²) in [6.45, 7) is -0.750. The Balaban J connectivity index is 2.03. The highest BCUT2D eigenvalue weighted by Crippen LogP contribution is 2.22. The molecule has 0 bridgehead atoms. The highest BCUT2D eigenvalue weighted by molar-refractivity contribution is 7.89. The van der Waals surface area contributed by atoms with Gasteiger partial charge in [-0.05, 0) is 48.0 Å². The van der Waals surface area contributed by atoms with Gasteiger partial charge in [-0.25, -0.2) is 12.7 Å². The molecule has 0 aromatic heterocycles. The van der Waals surface area contributed by atoms with Crippen LogP contribution in [0, 0.1) is 11.3 Å². The van der Waals surface area contributed by atoms with Crippen LogP contribution in [0.2, 0.25) is 5.02 Å². The van der Waals surface area contributed by atoms with Gasteiger partial charge in [-0.3, -0.25) is 9.59 Å². The molecular formula is C19H14ClN3O4S. The number of nitrogens with one attached hydrogen (secondary N) is 1. The summed E-state index contributed by atoms with van der Waals surface area (Å²) in [6, 6.07) is 13.8. The van der Waals surface area contributed by atoms with Crippen LogP contribution in [-0.2, 0) is 19.6 Å². The van der Waals surface area contributed by atoms with E-state index in [0.29, 0.717) is 20.5 Å². The fraction of sp³-hybridized carbons (Fsp3) is 0.105. The molecule has 28 heavy (non-hydrogen) atoms. The number of amides is 2. The largest absolute Gasteiger partial charge is 0.350 e. The van der Waals surface area contributed by atoms with Crippen molar-refractivity contribution in [2.24, 2.45) is 0 Å². The summed E-state index contributed by atoms with van der Waals surface area (Å²) in [7, 11) is -4.25. The first-order chi connectivity index (χ1) is 13.3. The van der Waals surface area contributed by atoms with Gasteiger partial charge in [0.2, 0.25) is 5.91 Å². The van der Waals surface area contributed by atoms with Gasteiger partial charge in [-0.15, -0.1) is 0 Å². The average Bonchev–Trinajstić information content (AvgIpc) is 2.82. The first-order valence-corrected chi connectivity index (χ1v) is 9.93. The van der Waals surface area contributed by atoms with E-state index < -0.39 is 28.4 Å². The fourth-order valence-corrected chi connectivity index (χ4v) is 4.11. The zero-order valence-corrected chi connectivity index (χ0v) is 16.0. The van der Waals surface area contributed by atoms with Crippen molar-refractivity contribution in [3.63, 3.8) is 0 Å². The van der Waals surface area contributed by atoms with E-state index in [1.165, 1.54) is 30.3 Å². The third-order valence-electron chi connectivity index (χ3n) is 4.02. The molecule has 0 spiro atoms. The lowest BCUT2D eigenvalue weighted by atomic mass is 10.1. The summed E-state index contributed by atoms with van der Waals surface area (Å²) in [5, 5.41) is 11.9. The van der Waals surface area contributed by atoms with Crippen molar-refractivity contribution in [1.82, 2.24) is 9.62 Å². The van der Waals surface area contributed by atoms with E-state index in [1.54, 1.807) is 24.3 Å². The monoisotopic (exact) mass is 415 g/mol. The van der Waals surface area contributed by atoms with Crippen LogP contribution in [-0.4, -0.2) is 37.6 Å². The number of benzene rings is 2. The van der Waals surface area contributed by atoms with Crippen molar-refractivity contribution < 1.29 is 18.0 Å². The number of rotatable bonds is 3. The molecule has 3 rings (SSSR count). The number of carbonyl (C=O) groups excluding carboxylic acids is 2. The second-order valence-corrected chi connectivity index (χ2v) is 8.25. The highest BCUT2D eigenvalue weighted by atomic mass is 35.5. The molecule has 1 N–H and O–H groups in total. The van der Waals surface area contributed by atoms with Crippen LogP contribution in [0.4, 0.5) is 0 Å². The van der Waals surface area contributed by atoms with E-state index in [4.69, 9.17) is 16.9 Å². The Bertz CT molecular complexity index is 1120. The molecular weight excluding hydrogens is 402 g/mol. The molecule has 0 saturated carbocycles. The maximum Gasteiger partial charge on any atom is 0.267 e. The van der Waals surface area contributed by atoms with Gasteiger partial charge < -0.3 is 5.32 Å².